The van der Waals surface area contributed by atoms with Gasteiger partial charge in [0.05, 0.1) is 10.6 Å². The highest BCUT2D eigenvalue weighted by atomic mass is 79.9. The molecule has 0 radical (unpaired) electrons. The molecule has 1 heterocycles. The summed E-state index contributed by atoms with van der Waals surface area (Å²) < 4.78 is 6.81. The van der Waals surface area contributed by atoms with Gasteiger partial charge < -0.3 is 4.74 Å². The predicted octanol–water partition coefficient (Wildman–Crippen LogP) is 6.95. The molecule has 0 amide bonds. The molecule has 0 fully saturated rings. The van der Waals surface area contributed by atoms with E-state index in [4.69, 9.17) is 4.74 Å². The average molecular weight is 402 g/mol. The Labute approximate surface area is 155 Å². The lowest BCUT2D eigenvalue weighted by Crippen LogP contribution is -1.94. The smallest absolute Gasteiger partial charge is 0.159 e. The van der Waals surface area contributed by atoms with Gasteiger partial charge in [-0.05, 0) is 76.7 Å². The summed E-state index contributed by atoms with van der Waals surface area (Å²) in [5.74, 6) is 2.38. The summed E-state index contributed by atoms with van der Waals surface area (Å²) in [5, 5.41) is 0. The van der Waals surface area contributed by atoms with Gasteiger partial charge in [-0.1, -0.05) is 32.0 Å². The zero-order valence-corrected chi connectivity index (χ0v) is 16.2. The van der Waals surface area contributed by atoms with Gasteiger partial charge in [0.25, 0.3) is 0 Å². The van der Waals surface area contributed by atoms with Crippen molar-refractivity contribution in [2.24, 2.45) is 5.92 Å². The van der Waals surface area contributed by atoms with Crippen LogP contribution in [-0.2, 0) is 6.42 Å². The Morgan fingerprint density at radius 3 is 2.33 bits per heavy atom. The van der Waals surface area contributed by atoms with Gasteiger partial charge in [0, 0.05) is 0 Å². The van der Waals surface area contributed by atoms with Crippen molar-refractivity contribution in [3.05, 3.63) is 64.2 Å². The van der Waals surface area contributed by atoms with Gasteiger partial charge in [-0.2, -0.15) is 0 Å². The summed E-state index contributed by atoms with van der Waals surface area (Å²) >= 11 is 5.22. The monoisotopic (exact) mass is 401 g/mol. The Morgan fingerprint density at radius 2 is 1.67 bits per heavy atom. The lowest BCUT2D eigenvalue weighted by Gasteiger charge is -2.07. The molecule has 4 heteroatoms. The Balaban J connectivity index is 1.78. The maximum atomic E-state index is 5.86. The van der Waals surface area contributed by atoms with E-state index < -0.39 is 0 Å². The van der Waals surface area contributed by atoms with E-state index in [2.05, 4.69) is 46.9 Å². The fourth-order valence-corrected chi connectivity index (χ4v) is 3.99. The molecule has 3 aromatic rings. The number of nitrogens with zero attached hydrogens (tertiary/aromatic N) is 1. The van der Waals surface area contributed by atoms with Crippen LogP contribution >= 0.6 is 27.3 Å². The second-order valence-electron chi connectivity index (χ2n) is 6.11. The summed E-state index contributed by atoms with van der Waals surface area (Å²) in [6.07, 6.45) is 2.16. The SMILES string of the molecule is CC(C)CCc1nc(Br)sc1-c1ccc(Oc2ccccc2)cc1. The highest BCUT2D eigenvalue weighted by Crippen LogP contribution is 2.35. The molecule has 0 saturated heterocycles. The average Bonchev–Trinajstić information content (AvgIpc) is 2.95. The van der Waals surface area contributed by atoms with Crippen LogP contribution in [0.5, 0.6) is 11.5 Å². The molecular formula is C20H20BrNOS. The molecule has 0 aliphatic rings. The molecule has 24 heavy (non-hydrogen) atoms. The Hall–Kier alpha value is -1.65. The van der Waals surface area contributed by atoms with E-state index in [1.165, 1.54) is 16.1 Å². The third-order valence-electron chi connectivity index (χ3n) is 3.73. The minimum atomic E-state index is 0.681. The number of benzene rings is 2. The van der Waals surface area contributed by atoms with E-state index in [9.17, 15) is 0 Å². The predicted molar refractivity (Wildman–Crippen MR) is 105 cm³/mol. The van der Waals surface area contributed by atoms with Crippen LogP contribution in [0, 0.1) is 5.92 Å². The minimum Gasteiger partial charge on any atom is -0.457 e. The molecule has 2 nitrogen and oxygen atoms in total. The Bertz CT molecular complexity index is 781. The van der Waals surface area contributed by atoms with Gasteiger partial charge >= 0.3 is 0 Å². The number of hydrogen-bond acceptors (Lipinski definition) is 3. The van der Waals surface area contributed by atoms with Crippen LogP contribution < -0.4 is 4.74 Å². The van der Waals surface area contributed by atoms with Gasteiger partial charge in [0.1, 0.15) is 11.5 Å². The number of hydrogen-bond donors (Lipinski definition) is 0. The van der Waals surface area contributed by atoms with Gasteiger partial charge in [-0.15, -0.1) is 11.3 Å². The molecule has 0 N–H and O–H groups in total. The molecule has 0 bridgehead atoms. The van der Waals surface area contributed by atoms with Crippen LogP contribution in [0.25, 0.3) is 10.4 Å². The molecule has 0 unspecified atom stereocenters. The molecule has 3 rings (SSSR count). The first kappa shape index (κ1) is 17.2. The number of ether oxygens (including phenoxy) is 1. The Morgan fingerprint density at radius 1 is 1.00 bits per heavy atom. The third kappa shape index (κ3) is 4.46. The van der Waals surface area contributed by atoms with E-state index in [1.807, 2.05) is 42.5 Å². The van der Waals surface area contributed by atoms with Crippen LogP contribution in [0.4, 0.5) is 0 Å². The van der Waals surface area contributed by atoms with Crippen molar-refractivity contribution >= 4 is 27.3 Å². The fourth-order valence-electron chi connectivity index (χ4n) is 2.44. The first-order chi connectivity index (χ1) is 11.6. The third-order valence-corrected chi connectivity index (χ3v) is 5.32. The zero-order valence-electron chi connectivity index (χ0n) is 13.8. The molecule has 2 aromatic carbocycles. The van der Waals surface area contributed by atoms with Gasteiger partial charge in [0.15, 0.2) is 3.92 Å². The number of halogens is 1. The van der Waals surface area contributed by atoms with E-state index >= 15 is 0 Å². The first-order valence-electron chi connectivity index (χ1n) is 8.10. The Kier molecular flexibility index (Phi) is 5.69. The molecule has 1 aromatic heterocycles. The highest BCUT2D eigenvalue weighted by Gasteiger charge is 2.12. The number of rotatable bonds is 6. The summed E-state index contributed by atoms with van der Waals surface area (Å²) in [4.78, 5) is 5.90. The van der Waals surface area contributed by atoms with E-state index in [0.717, 1.165) is 28.3 Å². The van der Waals surface area contributed by atoms with Gasteiger partial charge in [-0.3, -0.25) is 0 Å². The molecule has 0 aliphatic heterocycles. The summed E-state index contributed by atoms with van der Waals surface area (Å²) in [6.45, 7) is 4.49. The van der Waals surface area contributed by atoms with Crippen molar-refractivity contribution in [1.29, 1.82) is 0 Å². The van der Waals surface area contributed by atoms with Crippen molar-refractivity contribution in [2.45, 2.75) is 26.7 Å². The fraction of sp³-hybridized carbons (Fsp3) is 0.250. The number of para-hydroxylation sites is 1. The van der Waals surface area contributed by atoms with E-state index in [-0.39, 0.29) is 0 Å². The van der Waals surface area contributed by atoms with Crippen LogP contribution in [-0.4, -0.2) is 4.98 Å². The second kappa shape index (κ2) is 7.95. The summed E-state index contributed by atoms with van der Waals surface area (Å²) in [7, 11) is 0. The molecule has 124 valence electrons. The highest BCUT2D eigenvalue weighted by molar-refractivity contribution is 9.11. The number of aromatic nitrogens is 1. The van der Waals surface area contributed by atoms with Crippen LogP contribution in [0.2, 0.25) is 0 Å². The lowest BCUT2D eigenvalue weighted by molar-refractivity contribution is 0.483. The zero-order chi connectivity index (χ0) is 16.9. The van der Waals surface area contributed by atoms with Crippen molar-refractivity contribution in [1.82, 2.24) is 4.98 Å². The van der Waals surface area contributed by atoms with Crippen molar-refractivity contribution < 1.29 is 4.74 Å². The number of thiazole rings is 1. The maximum absolute atomic E-state index is 5.86. The minimum absolute atomic E-state index is 0.681. The van der Waals surface area contributed by atoms with E-state index in [1.54, 1.807) is 11.3 Å². The molecule has 0 atom stereocenters. The second-order valence-corrected chi connectivity index (χ2v) is 8.39. The van der Waals surface area contributed by atoms with Gasteiger partial charge in [-0.25, -0.2) is 4.98 Å². The van der Waals surface area contributed by atoms with Crippen molar-refractivity contribution in [3.63, 3.8) is 0 Å². The normalized spacial score (nSPS) is 11.0. The van der Waals surface area contributed by atoms with E-state index in [0.29, 0.717) is 5.92 Å². The van der Waals surface area contributed by atoms with Crippen LogP contribution in [0.15, 0.2) is 58.5 Å². The van der Waals surface area contributed by atoms with Crippen LogP contribution in [0.3, 0.4) is 0 Å². The standard InChI is InChI=1S/C20H20BrNOS/c1-14(2)8-13-18-19(24-20(21)22-18)15-9-11-17(12-10-15)23-16-6-4-3-5-7-16/h3-7,9-12,14H,8,13H2,1-2H3. The van der Waals surface area contributed by atoms with Crippen molar-refractivity contribution in [2.75, 3.05) is 0 Å². The maximum Gasteiger partial charge on any atom is 0.159 e. The van der Waals surface area contributed by atoms with Gasteiger partial charge in [0.2, 0.25) is 0 Å². The molecular weight excluding hydrogens is 382 g/mol. The molecule has 0 spiro atoms. The molecule has 0 aliphatic carbocycles. The van der Waals surface area contributed by atoms with Crippen LogP contribution in [0.1, 0.15) is 26.0 Å². The molecule has 0 saturated carbocycles. The first-order valence-corrected chi connectivity index (χ1v) is 9.71. The largest absolute Gasteiger partial charge is 0.457 e. The number of aryl methyl sites for hydroxylation is 1. The summed E-state index contributed by atoms with van der Waals surface area (Å²) in [6, 6.07) is 18.1. The van der Waals surface area contributed by atoms with Crippen molar-refractivity contribution in [3.8, 4) is 21.9 Å². The quantitative estimate of drug-likeness (QED) is 0.445. The topological polar surface area (TPSA) is 22.1 Å². The summed E-state index contributed by atoms with van der Waals surface area (Å²) in [5.41, 5.74) is 2.37. The lowest BCUT2D eigenvalue weighted by atomic mass is 10.0.